The number of halogens is 1. The van der Waals surface area contributed by atoms with Crippen LogP contribution in [0.4, 0.5) is 16.2 Å². The van der Waals surface area contributed by atoms with Crippen LogP contribution in [0.1, 0.15) is 118 Å². The van der Waals surface area contributed by atoms with E-state index in [4.69, 9.17) is 9.97 Å². The number of piperidine rings is 1. The minimum atomic E-state index is -0.666. The van der Waals surface area contributed by atoms with Crippen LogP contribution in [0.25, 0.3) is 0 Å². The number of nitrogens with one attached hydrogen (secondary N) is 1. The fourth-order valence-corrected chi connectivity index (χ4v) is 9.72. The third-order valence-electron chi connectivity index (χ3n) is 12.7. The van der Waals surface area contributed by atoms with E-state index < -0.39 is 5.97 Å². The van der Waals surface area contributed by atoms with Gasteiger partial charge >= 0.3 is 5.97 Å². The van der Waals surface area contributed by atoms with Crippen LogP contribution in [-0.4, -0.2) is 67.4 Å². The Balaban J connectivity index is 1.24. The molecule has 49 heavy (non-hydrogen) atoms. The van der Waals surface area contributed by atoms with Crippen molar-refractivity contribution < 1.29 is 14.3 Å². The Morgan fingerprint density at radius 2 is 1.84 bits per heavy atom. The van der Waals surface area contributed by atoms with E-state index in [-0.39, 0.29) is 29.7 Å². The van der Waals surface area contributed by atoms with E-state index in [9.17, 15) is 14.3 Å². The lowest BCUT2D eigenvalue weighted by Crippen LogP contribution is -2.43. The zero-order chi connectivity index (χ0) is 34.2. The molecule has 2 bridgehead atoms. The average Bonchev–Trinajstić information content (AvgIpc) is 3.54. The van der Waals surface area contributed by atoms with Gasteiger partial charge in [-0.2, -0.15) is 10.1 Å². The number of anilines is 2. The van der Waals surface area contributed by atoms with Crippen molar-refractivity contribution in [1.82, 2.24) is 24.6 Å². The summed E-state index contributed by atoms with van der Waals surface area (Å²) in [5.41, 5.74) is 5.61. The van der Waals surface area contributed by atoms with Crippen LogP contribution in [0.2, 0.25) is 0 Å². The first kappa shape index (κ1) is 33.9. The van der Waals surface area contributed by atoms with Gasteiger partial charge in [0.15, 0.2) is 0 Å². The van der Waals surface area contributed by atoms with Gasteiger partial charge in [-0.05, 0) is 114 Å². The second kappa shape index (κ2) is 14.4. The number of aromatic nitrogens is 4. The lowest BCUT2D eigenvalue weighted by atomic mass is 9.77. The summed E-state index contributed by atoms with van der Waals surface area (Å²) in [5, 5.41) is 18.3. The van der Waals surface area contributed by atoms with Crippen molar-refractivity contribution in [3.63, 3.8) is 0 Å². The Morgan fingerprint density at radius 1 is 1.08 bits per heavy atom. The van der Waals surface area contributed by atoms with E-state index in [1.807, 2.05) is 30.1 Å². The Labute approximate surface area is 290 Å². The first-order valence-corrected chi connectivity index (χ1v) is 18.8. The molecule has 3 aromatic rings. The number of hydrogen-bond acceptors (Lipinski definition) is 7. The Hall–Kier alpha value is -3.53. The second-order valence-corrected chi connectivity index (χ2v) is 15.3. The van der Waals surface area contributed by atoms with E-state index in [0.717, 1.165) is 92.2 Å². The number of nitrogens with zero attached hydrogens (tertiary/aromatic N) is 6. The molecule has 7 rings (SSSR count). The number of carboxylic acid groups (broad SMARTS) is 1. The SMILES string of the molecule is CC[C@H](C1CCC(C(=O)O)CC1)N(C)c1nc2c(c(N[C@@H](CN3C4CCCC3CC4)c3cnn(C)c3C)n1)C[C@H](c1cccc(F)c1)CC2. The molecule has 2 aliphatic heterocycles. The minimum absolute atomic E-state index is 0.00914. The molecule has 5 atom stereocenters. The molecule has 9 nitrogen and oxygen atoms in total. The highest BCUT2D eigenvalue weighted by Crippen LogP contribution is 2.41. The van der Waals surface area contributed by atoms with Gasteiger partial charge in [0.1, 0.15) is 11.6 Å². The van der Waals surface area contributed by atoms with Crippen LogP contribution in [0.5, 0.6) is 0 Å². The molecule has 1 saturated carbocycles. The minimum Gasteiger partial charge on any atom is -0.481 e. The van der Waals surface area contributed by atoms with Crippen molar-refractivity contribution in [3.8, 4) is 0 Å². The average molecular weight is 672 g/mol. The molecule has 4 heterocycles. The Bertz CT molecular complexity index is 1620. The monoisotopic (exact) mass is 671 g/mol. The topological polar surface area (TPSA) is 99.4 Å². The van der Waals surface area contributed by atoms with Gasteiger partial charge in [-0.1, -0.05) is 25.5 Å². The number of rotatable bonds is 11. The maximum atomic E-state index is 14.4. The molecule has 0 radical (unpaired) electrons. The first-order chi connectivity index (χ1) is 23.7. The molecule has 10 heteroatoms. The highest BCUT2D eigenvalue weighted by Gasteiger charge is 2.39. The predicted molar refractivity (Wildman–Crippen MR) is 190 cm³/mol. The molecule has 2 aromatic heterocycles. The lowest BCUT2D eigenvalue weighted by Gasteiger charge is -2.39. The van der Waals surface area contributed by atoms with E-state index in [1.54, 1.807) is 6.07 Å². The number of fused-ring (bicyclic) bond motifs is 3. The summed E-state index contributed by atoms with van der Waals surface area (Å²) in [6.45, 7) is 5.28. The molecule has 264 valence electrons. The number of aliphatic carboxylic acids is 1. The lowest BCUT2D eigenvalue weighted by molar-refractivity contribution is -0.143. The maximum absolute atomic E-state index is 14.4. The van der Waals surface area contributed by atoms with E-state index in [0.29, 0.717) is 18.0 Å². The molecular weight excluding hydrogens is 617 g/mol. The molecule has 4 aliphatic rings. The number of benzene rings is 1. The van der Waals surface area contributed by atoms with Gasteiger partial charge in [0, 0.05) is 55.6 Å². The normalized spacial score (nSPS) is 26.6. The summed E-state index contributed by atoms with van der Waals surface area (Å²) in [4.78, 5) is 27.3. The summed E-state index contributed by atoms with van der Waals surface area (Å²) >= 11 is 0. The fourth-order valence-electron chi connectivity index (χ4n) is 9.72. The summed E-state index contributed by atoms with van der Waals surface area (Å²) in [6.07, 6.45) is 15.2. The smallest absolute Gasteiger partial charge is 0.306 e. The van der Waals surface area contributed by atoms with Crippen LogP contribution in [0.15, 0.2) is 30.5 Å². The molecule has 3 fully saturated rings. The van der Waals surface area contributed by atoms with Crippen LogP contribution in [0.3, 0.4) is 0 Å². The molecule has 2 saturated heterocycles. The van der Waals surface area contributed by atoms with Crippen LogP contribution in [0, 0.1) is 24.6 Å². The van der Waals surface area contributed by atoms with E-state index in [1.165, 1.54) is 43.7 Å². The van der Waals surface area contributed by atoms with Gasteiger partial charge < -0.3 is 15.3 Å². The largest absolute Gasteiger partial charge is 0.481 e. The van der Waals surface area contributed by atoms with Gasteiger partial charge in [-0.15, -0.1) is 0 Å². The van der Waals surface area contributed by atoms with E-state index >= 15 is 0 Å². The van der Waals surface area contributed by atoms with Crippen molar-refractivity contribution in [1.29, 1.82) is 0 Å². The van der Waals surface area contributed by atoms with Crippen molar-refractivity contribution >= 4 is 17.7 Å². The van der Waals surface area contributed by atoms with Crippen LogP contribution >= 0.6 is 0 Å². The summed E-state index contributed by atoms with van der Waals surface area (Å²) in [5.74, 6) is 1.12. The molecular formula is C39H54FN7O2. The Kier molecular flexibility index (Phi) is 9.95. The quantitative estimate of drug-likeness (QED) is 0.221. The standard InChI is InChI=1S/C39H54FN7O2/c1-5-36(25-12-14-26(15-13-25)38(48)49)45(3)39-43-34-19-16-28(27-8-6-9-29(40)20-27)21-32(34)37(44-39)42-35(33-22-41-46(4)24(33)2)23-47-30-10-7-11-31(47)18-17-30/h6,8-9,20,22,25-26,28,30-31,35-36H,5,7,10-19,21,23H2,1-4H3,(H,48,49)(H,42,43,44)/t25?,26?,28-,30?,31?,35+,36-/m1/s1. The van der Waals surface area contributed by atoms with Gasteiger partial charge in [0.25, 0.3) is 0 Å². The number of carbonyl (C=O) groups is 1. The molecule has 2 aliphatic carbocycles. The van der Waals surface area contributed by atoms with Crippen LogP contribution in [-0.2, 0) is 24.7 Å². The van der Waals surface area contributed by atoms with Crippen molar-refractivity contribution in [2.75, 3.05) is 23.8 Å². The van der Waals surface area contributed by atoms with E-state index in [2.05, 4.69) is 41.1 Å². The molecule has 1 aromatic carbocycles. The van der Waals surface area contributed by atoms with Crippen molar-refractivity contribution in [2.24, 2.45) is 18.9 Å². The summed E-state index contributed by atoms with van der Waals surface area (Å²) < 4.78 is 16.3. The highest BCUT2D eigenvalue weighted by atomic mass is 19.1. The zero-order valence-electron chi connectivity index (χ0n) is 29.7. The summed E-state index contributed by atoms with van der Waals surface area (Å²) in [7, 11) is 4.13. The molecule has 2 N–H and O–H groups in total. The molecule has 2 unspecified atom stereocenters. The van der Waals surface area contributed by atoms with Gasteiger partial charge in [0.2, 0.25) is 5.95 Å². The number of hydrogen-bond donors (Lipinski definition) is 2. The maximum Gasteiger partial charge on any atom is 0.306 e. The van der Waals surface area contributed by atoms with Gasteiger partial charge in [-0.3, -0.25) is 14.4 Å². The predicted octanol–water partition coefficient (Wildman–Crippen LogP) is 7.21. The molecule has 0 amide bonds. The molecule has 0 spiro atoms. The Morgan fingerprint density at radius 3 is 2.49 bits per heavy atom. The third kappa shape index (κ3) is 6.94. The second-order valence-electron chi connectivity index (χ2n) is 15.3. The van der Waals surface area contributed by atoms with Gasteiger partial charge in [-0.25, -0.2) is 9.37 Å². The van der Waals surface area contributed by atoms with Crippen molar-refractivity contribution in [2.45, 2.75) is 127 Å². The van der Waals surface area contributed by atoms with Crippen LogP contribution < -0.4 is 10.2 Å². The first-order valence-electron chi connectivity index (χ1n) is 18.8. The van der Waals surface area contributed by atoms with Gasteiger partial charge in [0.05, 0.1) is 23.9 Å². The fraction of sp³-hybridized carbons (Fsp3) is 0.641. The third-order valence-corrected chi connectivity index (χ3v) is 12.7. The van der Waals surface area contributed by atoms with Crippen molar-refractivity contribution in [3.05, 3.63) is 64.4 Å². The number of carboxylic acids is 1. The number of aryl methyl sites for hydroxylation is 2. The summed E-state index contributed by atoms with van der Waals surface area (Å²) in [6, 6.07) is 8.58. The highest BCUT2D eigenvalue weighted by molar-refractivity contribution is 5.70. The zero-order valence-corrected chi connectivity index (χ0v) is 29.7.